The lowest BCUT2D eigenvalue weighted by Gasteiger charge is -2.21. The standard InChI is InChI=1S/C32H36N2O2S2/c1-4-6-24(7-5-2)25-12-16-28(17-13-25)34(3)20-23-8-10-26(11-9-23)30-21-38-31(33-30)22-37-29-18-14-27(15-19-29)32(35)36/h8-19,21,24H,4-7,20,22H2,1-3H3,(H,35,36). The number of hydrogen-bond acceptors (Lipinski definition) is 5. The first-order valence-corrected chi connectivity index (χ1v) is 15.1. The Kier molecular flexibility index (Phi) is 10.0. The third kappa shape index (κ3) is 7.49. The van der Waals surface area contributed by atoms with Crippen LogP contribution in [0.4, 0.5) is 5.69 Å². The van der Waals surface area contributed by atoms with Gasteiger partial charge in [0.15, 0.2) is 0 Å². The number of nitrogens with zero attached hydrogens (tertiary/aromatic N) is 2. The third-order valence-corrected chi connectivity index (χ3v) is 8.82. The lowest BCUT2D eigenvalue weighted by Crippen LogP contribution is -2.16. The zero-order chi connectivity index (χ0) is 26.9. The van der Waals surface area contributed by atoms with E-state index in [0.717, 1.165) is 33.5 Å². The van der Waals surface area contributed by atoms with Gasteiger partial charge in [0.05, 0.1) is 17.0 Å². The molecule has 4 aromatic rings. The summed E-state index contributed by atoms with van der Waals surface area (Å²) in [6.45, 7) is 5.40. The molecule has 1 N–H and O–H groups in total. The summed E-state index contributed by atoms with van der Waals surface area (Å²) in [6, 6.07) is 24.8. The summed E-state index contributed by atoms with van der Waals surface area (Å²) in [4.78, 5) is 19.2. The van der Waals surface area contributed by atoms with Crippen molar-refractivity contribution in [1.82, 2.24) is 4.98 Å². The molecule has 1 heterocycles. The van der Waals surface area contributed by atoms with Crippen LogP contribution >= 0.6 is 23.1 Å². The molecule has 0 fully saturated rings. The fraction of sp³-hybridized carbons (Fsp3) is 0.312. The highest BCUT2D eigenvalue weighted by Crippen LogP contribution is 2.30. The van der Waals surface area contributed by atoms with Crippen LogP contribution in [-0.2, 0) is 12.3 Å². The van der Waals surface area contributed by atoms with E-state index in [-0.39, 0.29) is 0 Å². The predicted molar refractivity (Wildman–Crippen MR) is 162 cm³/mol. The minimum atomic E-state index is -0.902. The van der Waals surface area contributed by atoms with Gasteiger partial charge in [-0.1, -0.05) is 63.1 Å². The van der Waals surface area contributed by atoms with Crippen molar-refractivity contribution in [3.05, 3.63) is 99.9 Å². The molecule has 0 bridgehead atoms. The van der Waals surface area contributed by atoms with Gasteiger partial charge in [-0.25, -0.2) is 9.78 Å². The van der Waals surface area contributed by atoms with E-state index in [4.69, 9.17) is 10.1 Å². The summed E-state index contributed by atoms with van der Waals surface area (Å²) < 4.78 is 0. The van der Waals surface area contributed by atoms with E-state index in [0.29, 0.717) is 11.5 Å². The molecule has 0 aliphatic rings. The predicted octanol–water partition coefficient (Wildman–Crippen LogP) is 9.12. The van der Waals surface area contributed by atoms with Crippen LogP contribution < -0.4 is 4.90 Å². The number of hydrogen-bond donors (Lipinski definition) is 1. The van der Waals surface area contributed by atoms with Gasteiger partial charge in [0, 0.05) is 35.1 Å². The molecule has 0 aliphatic carbocycles. The van der Waals surface area contributed by atoms with Crippen molar-refractivity contribution in [2.75, 3.05) is 11.9 Å². The fourth-order valence-electron chi connectivity index (χ4n) is 4.67. The van der Waals surface area contributed by atoms with Crippen LogP contribution in [0, 0.1) is 0 Å². The van der Waals surface area contributed by atoms with Crippen molar-refractivity contribution in [3.63, 3.8) is 0 Å². The monoisotopic (exact) mass is 544 g/mol. The van der Waals surface area contributed by atoms with E-state index in [9.17, 15) is 4.79 Å². The highest BCUT2D eigenvalue weighted by molar-refractivity contribution is 7.98. The van der Waals surface area contributed by atoms with Crippen LogP contribution in [0.2, 0.25) is 0 Å². The number of benzene rings is 3. The quantitative estimate of drug-likeness (QED) is 0.170. The van der Waals surface area contributed by atoms with E-state index in [2.05, 4.69) is 79.7 Å². The van der Waals surface area contributed by atoms with Gasteiger partial charge in [0.1, 0.15) is 5.01 Å². The first-order chi connectivity index (χ1) is 18.5. The topological polar surface area (TPSA) is 53.4 Å². The molecule has 0 unspecified atom stereocenters. The van der Waals surface area contributed by atoms with Crippen LogP contribution in [0.15, 0.2) is 83.1 Å². The van der Waals surface area contributed by atoms with Crippen molar-refractivity contribution in [3.8, 4) is 11.3 Å². The van der Waals surface area contributed by atoms with E-state index >= 15 is 0 Å². The molecular formula is C32H36N2O2S2. The van der Waals surface area contributed by atoms with Gasteiger partial charge in [0.2, 0.25) is 0 Å². The molecule has 0 saturated carbocycles. The number of thioether (sulfide) groups is 1. The maximum absolute atomic E-state index is 11.0. The first-order valence-electron chi connectivity index (χ1n) is 13.3. The second kappa shape index (κ2) is 13.6. The summed E-state index contributed by atoms with van der Waals surface area (Å²) in [5.74, 6) is 0.531. The number of thiazole rings is 1. The molecule has 6 heteroatoms. The van der Waals surface area contributed by atoms with Crippen molar-refractivity contribution in [1.29, 1.82) is 0 Å². The molecule has 1 aromatic heterocycles. The summed E-state index contributed by atoms with van der Waals surface area (Å²) in [5.41, 5.74) is 6.40. The molecule has 198 valence electrons. The Bertz CT molecular complexity index is 1290. The third-order valence-electron chi connectivity index (χ3n) is 6.76. The molecule has 0 aliphatic heterocycles. The van der Waals surface area contributed by atoms with Crippen molar-refractivity contribution >= 4 is 34.8 Å². The van der Waals surface area contributed by atoms with Gasteiger partial charge in [-0.15, -0.1) is 23.1 Å². The van der Waals surface area contributed by atoms with Crippen LogP contribution in [0.1, 0.15) is 71.9 Å². The molecule has 0 atom stereocenters. The highest BCUT2D eigenvalue weighted by Gasteiger charge is 2.11. The Morgan fingerprint density at radius 2 is 1.61 bits per heavy atom. The molecular weight excluding hydrogens is 508 g/mol. The molecule has 0 saturated heterocycles. The van der Waals surface area contributed by atoms with E-state index in [1.807, 2.05) is 12.1 Å². The van der Waals surface area contributed by atoms with Gasteiger partial charge in [0.25, 0.3) is 0 Å². The number of rotatable bonds is 13. The zero-order valence-electron chi connectivity index (χ0n) is 22.4. The number of anilines is 1. The lowest BCUT2D eigenvalue weighted by atomic mass is 9.90. The lowest BCUT2D eigenvalue weighted by molar-refractivity contribution is 0.0697. The number of carbonyl (C=O) groups is 1. The molecule has 3 aromatic carbocycles. The molecule has 38 heavy (non-hydrogen) atoms. The Labute approximate surface area is 234 Å². The summed E-state index contributed by atoms with van der Waals surface area (Å²) in [5, 5.41) is 12.2. The number of aromatic nitrogens is 1. The second-order valence-electron chi connectivity index (χ2n) is 9.66. The Morgan fingerprint density at radius 3 is 2.21 bits per heavy atom. The zero-order valence-corrected chi connectivity index (χ0v) is 24.0. The highest BCUT2D eigenvalue weighted by atomic mass is 32.2. The normalized spacial score (nSPS) is 11.2. The first kappa shape index (κ1) is 27.9. The Morgan fingerprint density at radius 1 is 0.947 bits per heavy atom. The minimum Gasteiger partial charge on any atom is -0.478 e. The van der Waals surface area contributed by atoms with E-state index < -0.39 is 5.97 Å². The van der Waals surface area contributed by atoms with Crippen molar-refractivity contribution < 1.29 is 9.90 Å². The van der Waals surface area contributed by atoms with Crippen LogP contribution in [0.3, 0.4) is 0 Å². The van der Waals surface area contributed by atoms with Crippen molar-refractivity contribution in [2.24, 2.45) is 0 Å². The van der Waals surface area contributed by atoms with Gasteiger partial charge in [-0.3, -0.25) is 0 Å². The average molecular weight is 545 g/mol. The molecule has 0 radical (unpaired) electrons. The fourth-order valence-corrected chi connectivity index (χ4v) is 6.39. The van der Waals surface area contributed by atoms with Crippen molar-refractivity contribution in [2.45, 2.75) is 62.6 Å². The SMILES string of the molecule is CCCC(CCC)c1ccc(N(C)Cc2ccc(-c3csc(CSc4ccc(C(=O)O)cc4)n3)cc2)cc1. The van der Waals surface area contributed by atoms with Crippen LogP contribution in [0.25, 0.3) is 11.3 Å². The smallest absolute Gasteiger partial charge is 0.335 e. The molecule has 4 rings (SSSR count). The Hall–Kier alpha value is -3.09. The summed E-state index contributed by atoms with van der Waals surface area (Å²) >= 11 is 3.32. The molecule has 4 nitrogen and oxygen atoms in total. The average Bonchev–Trinajstić information content (AvgIpc) is 3.41. The van der Waals surface area contributed by atoms with E-state index in [1.54, 1.807) is 35.2 Å². The Balaban J connectivity index is 1.32. The summed E-state index contributed by atoms with van der Waals surface area (Å²) in [7, 11) is 2.15. The van der Waals surface area contributed by atoms with Gasteiger partial charge >= 0.3 is 5.97 Å². The maximum atomic E-state index is 11.0. The number of carboxylic acid groups (broad SMARTS) is 1. The van der Waals surface area contributed by atoms with E-state index in [1.165, 1.54) is 42.5 Å². The second-order valence-corrected chi connectivity index (χ2v) is 11.7. The largest absolute Gasteiger partial charge is 0.478 e. The maximum Gasteiger partial charge on any atom is 0.335 e. The molecule has 0 spiro atoms. The van der Waals surface area contributed by atoms with Gasteiger partial charge in [-0.2, -0.15) is 0 Å². The van der Waals surface area contributed by atoms with Crippen LogP contribution in [0.5, 0.6) is 0 Å². The van der Waals surface area contributed by atoms with Gasteiger partial charge in [-0.05, 0) is 66.3 Å². The number of carboxylic acids is 1. The van der Waals surface area contributed by atoms with Crippen LogP contribution in [-0.4, -0.2) is 23.1 Å². The van der Waals surface area contributed by atoms with Gasteiger partial charge < -0.3 is 10.0 Å². The number of aromatic carboxylic acids is 1. The minimum absolute atomic E-state index is 0.307. The molecule has 0 amide bonds. The summed E-state index contributed by atoms with van der Waals surface area (Å²) in [6.07, 6.45) is 4.98.